The predicted molar refractivity (Wildman–Crippen MR) is 108 cm³/mol. The Bertz CT molecular complexity index is 1060. The van der Waals surface area contributed by atoms with Crippen LogP contribution in [0.3, 0.4) is 0 Å². The van der Waals surface area contributed by atoms with Gasteiger partial charge in [-0.25, -0.2) is 4.98 Å². The molecule has 0 aliphatic carbocycles. The number of carbonyl (C=O) groups excluding carboxylic acids is 1. The van der Waals surface area contributed by atoms with Gasteiger partial charge in [0.1, 0.15) is 5.82 Å². The van der Waals surface area contributed by atoms with Crippen LogP contribution in [0.1, 0.15) is 10.4 Å². The minimum Gasteiger partial charge on any atom is -0.353 e. The van der Waals surface area contributed by atoms with E-state index in [0.29, 0.717) is 26.2 Å². The van der Waals surface area contributed by atoms with Crippen LogP contribution in [0.2, 0.25) is 5.02 Å². The van der Waals surface area contributed by atoms with E-state index in [1.54, 1.807) is 4.90 Å². The van der Waals surface area contributed by atoms with Crippen LogP contribution in [0, 0.1) is 10.1 Å². The second-order valence-corrected chi connectivity index (χ2v) is 6.97. The Kier molecular flexibility index (Phi) is 4.83. The SMILES string of the molecule is O=C(c1cc([N+](=O)[O-])ccc1Cl)N1CCN(c2ccc3ccccc3n2)CC1. The third kappa shape index (κ3) is 3.48. The Morgan fingerprint density at radius 2 is 1.79 bits per heavy atom. The van der Waals surface area contributed by atoms with Gasteiger partial charge in [-0.3, -0.25) is 14.9 Å². The van der Waals surface area contributed by atoms with E-state index in [0.717, 1.165) is 16.7 Å². The molecule has 0 bridgehead atoms. The molecular formula is C20H17ClN4O3. The van der Waals surface area contributed by atoms with Crippen LogP contribution in [0.25, 0.3) is 10.9 Å². The highest BCUT2D eigenvalue weighted by atomic mass is 35.5. The van der Waals surface area contributed by atoms with Crippen LogP contribution >= 0.6 is 11.6 Å². The average molecular weight is 397 g/mol. The summed E-state index contributed by atoms with van der Waals surface area (Å²) in [6.45, 7) is 2.24. The minimum absolute atomic E-state index is 0.147. The van der Waals surface area contributed by atoms with Crippen molar-refractivity contribution in [1.29, 1.82) is 0 Å². The maximum absolute atomic E-state index is 12.8. The molecule has 7 nitrogen and oxygen atoms in total. The van der Waals surface area contributed by atoms with Crippen LogP contribution in [0.15, 0.2) is 54.6 Å². The first-order valence-electron chi connectivity index (χ1n) is 8.87. The number of nitrogens with zero attached hydrogens (tertiary/aromatic N) is 4. The van der Waals surface area contributed by atoms with Crippen molar-refractivity contribution in [3.8, 4) is 0 Å². The van der Waals surface area contributed by atoms with Crippen LogP contribution in [-0.2, 0) is 0 Å². The van der Waals surface area contributed by atoms with Crippen molar-refractivity contribution in [3.05, 3.63) is 75.3 Å². The van der Waals surface area contributed by atoms with Gasteiger partial charge in [0.2, 0.25) is 0 Å². The van der Waals surface area contributed by atoms with E-state index in [4.69, 9.17) is 16.6 Å². The van der Waals surface area contributed by atoms with Crippen molar-refractivity contribution in [2.75, 3.05) is 31.1 Å². The van der Waals surface area contributed by atoms with Gasteiger partial charge in [-0.05, 0) is 24.3 Å². The first-order chi connectivity index (χ1) is 13.5. The zero-order chi connectivity index (χ0) is 19.7. The topological polar surface area (TPSA) is 79.6 Å². The van der Waals surface area contributed by atoms with E-state index in [1.165, 1.54) is 18.2 Å². The molecule has 2 heterocycles. The Morgan fingerprint density at radius 1 is 1.04 bits per heavy atom. The lowest BCUT2D eigenvalue weighted by Gasteiger charge is -2.35. The molecule has 142 valence electrons. The highest BCUT2D eigenvalue weighted by Crippen LogP contribution is 2.25. The normalized spacial score (nSPS) is 14.3. The van der Waals surface area contributed by atoms with Crippen molar-refractivity contribution in [2.24, 2.45) is 0 Å². The average Bonchev–Trinajstić information content (AvgIpc) is 2.73. The molecule has 4 rings (SSSR count). The minimum atomic E-state index is -0.531. The van der Waals surface area contributed by atoms with E-state index in [-0.39, 0.29) is 22.2 Å². The van der Waals surface area contributed by atoms with Gasteiger partial charge in [0, 0.05) is 43.7 Å². The molecule has 1 fully saturated rings. The molecule has 1 aliphatic rings. The third-order valence-electron chi connectivity index (χ3n) is 4.87. The second-order valence-electron chi connectivity index (χ2n) is 6.56. The first kappa shape index (κ1) is 18.2. The van der Waals surface area contributed by atoms with E-state index in [1.807, 2.05) is 36.4 Å². The summed E-state index contributed by atoms with van der Waals surface area (Å²) in [4.78, 5) is 31.7. The number of para-hydroxylation sites is 1. The van der Waals surface area contributed by atoms with Gasteiger partial charge in [-0.1, -0.05) is 29.8 Å². The van der Waals surface area contributed by atoms with Gasteiger partial charge in [0.25, 0.3) is 11.6 Å². The summed E-state index contributed by atoms with van der Waals surface area (Å²) in [5, 5.41) is 12.3. The number of nitro benzene ring substituents is 1. The number of rotatable bonds is 3. The molecule has 3 aromatic rings. The Hall–Kier alpha value is -3.19. The van der Waals surface area contributed by atoms with Crippen LogP contribution in [0.5, 0.6) is 0 Å². The number of anilines is 1. The summed E-state index contributed by atoms with van der Waals surface area (Å²) < 4.78 is 0. The zero-order valence-electron chi connectivity index (χ0n) is 14.9. The van der Waals surface area contributed by atoms with Gasteiger partial charge in [0.15, 0.2) is 0 Å². The molecule has 0 N–H and O–H groups in total. The van der Waals surface area contributed by atoms with E-state index in [2.05, 4.69) is 4.90 Å². The number of pyridine rings is 1. The summed E-state index contributed by atoms with van der Waals surface area (Å²) in [5.74, 6) is 0.582. The van der Waals surface area contributed by atoms with Gasteiger partial charge in [-0.2, -0.15) is 0 Å². The van der Waals surface area contributed by atoms with Crippen LogP contribution in [0.4, 0.5) is 11.5 Å². The lowest BCUT2D eigenvalue weighted by Crippen LogP contribution is -2.49. The summed E-state index contributed by atoms with van der Waals surface area (Å²) in [6.07, 6.45) is 0. The Labute approximate surface area is 166 Å². The Morgan fingerprint density at radius 3 is 2.54 bits per heavy atom. The largest absolute Gasteiger partial charge is 0.353 e. The number of carbonyl (C=O) groups is 1. The third-order valence-corrected chi connectivity index (χ3v) is 5.20. The molecule has 28 heavy (non-hydrogen) atoms. The molecule has 1 aromatic heterocycles. The number of non-ortho nitro benzene ring substituents is 1. The smallest absolute Gasteiger partial charge is 0.270 e. The summed E-state index contributed by atoms with van der Waals surface area (Å²) in [5.41, 5.74) is 0.946. The lowest BCUT2D eigenvalue weighted by molar-refractivity contribution is -0.384. The maximum Gasteiger partial charge on any atom is 0.270 e. The maximum atomic E-state index is 12.8. The molecule has 1 saturated heterocycles. The number of hydrogen-bond donors (Lipinski definition) is 0. The van der Waals surface area contributed by atoms with Crippen molar-refractivity contribution in [3.63, 3.8) is 0 Å². The van der Waals surface area contributed by atoms with Crippen molar-refractivity contribution in [2.45, 2.75) is 0 Å². The van der Waals surface area contributed by atoms with E-state index < -0.39 is 4.92 Å². The molecule has 0 unspecified atom stereocenters. The van der Waals surface area contributed by atoms with Crippen molar-refractivity contribution < 1.29 is 9.72 Å². The number of aromatic nitrogens is 1. The van der Waals surface area contributed by atoms with Gasteiger partial charge >= 0.3 is 0 Å². The standard InChI is InChI=1S/C20H17ClN4O3/c21-17-7-6-15(25(27)28)13-16(17)20(26)24-11-9-23(10-12-24)19-8-5-14-3-1-2-4-18(14)22-19/h1-8,13H,9-12H2. The molecular weight excluding hydrogens is 380 g/mol. The fourth-order valence-electron chi connectivity index (χ4n) is 3.33. The first-order valence-corrected chi connectivity index (χ1v) is 9.25. The number of nitro groups is 1. The number of halogens is 1. The monoisotopic (exact) mass is 396 g/mol. The van der Waals surface area contributed by atoms with Crippen LogP contribution in [-0.4, -0.2) is 46.9 Å². The summed E-state index contributed by atoms with van der Waals surface area (Å²) in [7, 11) is 0. The van der Waals surface area contributed by atoms with E-state index in [9.17, 15) is 14.9 Å². The lowest BCUT2D eigenvalue weighted by atomic mass is 10.1. The number of piperazine rings is 1. The van der Waals surface area contributed by atoms with Crippen molar-refractivity contribution in [1.82, 2.24) is 9.88 Å². The zero-order valence-corrected chi connectivity index (χ0v) is 15.7. The number of hydrogen-bond acceptors (Lipinski definition) is 5. The summed E-state index contributed by atoms with van der Waals surface area (Å²) in [6, 6.07) is 15.9. The number of amides is 1. The molecule has 2 aromatic carbocycles. The quantitative estimate of drug-likeness (QED) is 0.497. The van der Waals surface area contributed by atoms with Crippen molar-refractivity contribution >= 4 is 39.9 Å². The predicted octanol–water partition coefficient (Wildman–Crippen LogP) is 3.76. The fourth-order valence-corrected chi connectivity index (χ4v) is 3.53. The molecule has 0 spiro atoms. The molecule has 0 saturated carbocycles. The molecule has 8 heteroatoms. The number of fused-ring (bicyclic) bond motifs is 1. The number of benzene rings is 2. The molecule has 0 radical (unpaired) electrons. The Balaban J connectivity index is 1.48. The summed E-state index contributed by atoms with van der Waals surface area (Å²) >= 11 is 6.10. The molecule has 0 atom stereocenters. The highest BCUT2D eigenvalue weighted by Gasteiger charge is 2.25. The molecule has 1 amide bonds. The molecule has 1 aliphatic heterocycles. The van der Waals surface area contributed by atoms with Gasteiger partial charge in [-0.15, -0.1) is 0 Å². The van der Waals surface area contributed by atoms with Crippen LogP contribution < -0.4 is 4.90 Å². The van der Waals surface area contributed by atoms with E-state index >= 15 is 0 Å². The van der Waals surface area contributed by atoms with Gasteiger partial charge < -0.3 is 9.80 Å². The van der Waals surface area contributed by atoms with Gasteiger partial charge in [0.05, 0.1) is 21.0 Å². The second kappa shape index (κ2) is 7.44. The fraction of sp³-hybridized carbons (Fsp3) is 0.200. The highest BCUT2D eigenvalue weighted by molar-refractivity contribution is 6.33.